The first-order valence-corrected chi connectivity index (χ1v) is 6.51. The van der Waals surface area contributed by atoms with E-state index in [1.807, 2.05) is 19.1 Å². The standard InChI is InChI=1S/C14H16ClN3O/c1-10-13(17-9-18-14(10)19-2)16-8-12-5-3-11(7-15)4-6-12/h3-6,9H,7-8H2,1-2H3,(H,16,17,18). The first-order valence-electron chi connectivity index (χ1n) is 5.98. The second-order valence-electron chi connectivity index (χ2n) is 4.16. The quantitative estimate of drug-likeness (QED) is 0.853. The maximum absolute atomic E-state index is 5.76. The van der Waals surface area contributed by atoms with Gasteiger partial charge in [0.1, 0.15) is 12.1 Å². The van der Waals surface area contributed by atoms with Gasteiger partial charge in [0.05, 0.1) is 12.7 Å². The highest BCUT2D eigenvalue weighted by atomic mass is 35.5. The molecule has 100 valence electrons. The van der Waals surface area contributed by atoms with Gasteiger partial charge in [0.25, 0.3) is 0 Å². The summed E-state index contributed by atoms with van der Waals surface area (Å²) in [4.78, 5) is 8.26. The molecular weight excluding hydrogens is 262 g/mol. The van der Waals surface area contributed by atoms with E-state index in [4.69, 9.17) is 16.3 Å². The van der Waals surface area contributed by atoms with Gasteiger partial charge in [0.15, 0.2) is 0 Å². The maximum atomic E-state index is 5.76. The Morgan fingerprint density at radius 2 is 1.84 bits per heavy atom. The van der Waals surface area contributed by atoms with Crippen LogP contribution in [-0.2, 0) is 12.4 Å². The summed E-state index contributed by atoms with van der Waals surface area (Å²) in [6, 6.07) is 8.16. The fourth-order valence-corrected chi connectivity index (χ4v) is 1.93. The number of aromatic nitrogens is 2. The maximum Gasteiger partial charge on any atom is 0.221 e. The van der Waals surface area contributed by atoms with Gasteiger partial charge in [-0.05, 0) is 18.1 Å². The summed E-state index contributed by atoms with van der Waals surface area (Å²) in [6.45, 7) is 2.63. The predicted molar refractivity (Wildman–Crippen MR) is 76.6 cm³/mol. The lowest BCUT2D eigenvalue weighted by Gasteiger charge is -2.10. The van der Waals surface area contributed by atoms with Crippen molar-refractivity contribution in [2.24, 2.45) is 0 Å². The Hall–Kier alpha value is -1.81. The fourth-order valence-electron chi connectivity index (χ4n) is 1.75. The van der Waals surface area contributed by atoms with Crippen molar-refractivity contribution in [3.8, 4) is 5.88 Å². The molecule has 2 aromatic rings. The SMILES string of the molecule is COc1ncnc(NCc2ccc(CCl)cc2)c1C. The number of methoxy groups -OCH3 is 1. The first kappa shape index (κ1) is 13.6. The zero-order valence-corrected chi connectivity index (χ0v) is 11.7. The normalized spacial score (nSPS) is 10.3. The van der Waals surface area contributed by atoms with Crippen molar-refractivity contribution in [2.45, 2.75) is 19.3 Å². The molecule has 1 aromatic carbocycles. The lowest BCUT2D eigenvalue weighted by atomic mass is 10.1. The van der Waals surface area contributed by atoms with Crippen LogP contribution in [0.1, 0.15) is 16.7 Å². The van der Waals surface area contributed by atoms with Crippen LogP contribution < -0.4 is 10.1 Å². The summed E-state index contributed by atoms with van der Waals surface area (Å²) in [5, 5.41) is 3.28. The van der Waals surface area contributed by atoms with Gasteiger partial charge >= 0.3 is 0 Å². The van der Waals surface area contributed by atoms with E-state index >= 15 is 0 Å². The molecule has 0 radical (unpaired) electrons. The zero-order valence-electron chi connectivity index (χ0n) is 11.0. The van der Waals surface area contributed by atoms with Crippen LogP contribution in [0.4, 0.5) is 5.82 Å². The van der Waals surface area contributed by atoms with Crippen LogP contribution in [-0.4, -0.2) is 17.1 Å². The lowest BCUT2D eigenvalue weighted by Crippen LogP contribution is -2.05. The summed E-state index contributed by atoms with van der Waals surface area (Å²) in [6.07, 6.45) is 1.49. The van der Waals surface area contributed by atoms with Crippen molar-refractivity contribution in [1.82, 2.24) is 9.97 Å². The highest BCUT2D eigenvalue weighted by molar-refractivity contribution is 6.17. The van der Waals surface area contributed by atoms with Crippen LogP contribution in [0, 0.1) is 6.92 Å². The minimum Gasteiger partial charge on any atom is -0.481 e. The fraction of sp³-hybridized carbons (Fsp3) is 0.286. The average Bonchev–Trinajstić information content (AvgIpc) is 2.47. The third-order valence-corrected chi connectivity index (χ3v) is 3.18. The van der Waals surface area contributed by atoms with E-state index in [-0.39, 0.29) is 0 Å². The molecule has 0 atom stereocenters. The molecule has 4 nitrogen and oxygen atoms in total. The van der Waals surface area contributed by atoms with Crippen LogP contribution in [0.3, 0.4) is 0 Å². The molecule has 19 heavy (non-hydrogen) atoms. The van der Waals surface area contributed by atoms with Crippen molar-refractivity contribution < 1.29 is 4.74 Å². The van der Waals surface area contributed by atoms with Gasteiger partial charge in [-0.15, -0.1) is 11.6 Å². The minimum atomic E-state index is 0.538. The van der Waals surface area contributed by atoms with E-state index in [2.05, 4.69) is 27.4 Å². The van der Waals surface area contributed by atoms with Crippen molar-refractivity contribution >= 4 is 17.4 Å². The third kappa shape index (κ3) is 3.35. The highest BCUT2D eigenvalue weighted by Gasteiger charge is 2.06. The molecule has 0 aliphatic heterocycles. The topological polar surface area (TPSA) is 47.0 Å². The number of anilines is 1. The average molecular weight is 278 g/mol. The van der Waals surface area contributed by atoms with E-state index in [0.717, 1.165) is 16.9 Å². The summed E-state index contributed by atoms with van der Waals surface area (Å²) in [7, 11) is 1.60. The van der Waals surface area contributed by atoms with Gasteiger partial charge in [-0.25, -0.2) is 9.97 Å². The Balaban J connectivity index is 2.05. The van der Waals surface area contributed by atoms with Crippen LogP contribution in [0.25, 0.3) is 0 Å². The van der Waals surface area contributed by atoms with Crippen molar-refractivity contribution in [3.05, 3.63) is 47.3 Å². The number of nitrogens with zero attached hydrogens (tertiary/aromatic N) is 2. The number of benzene rings is 1. The molecule has 0 amide bonds. The van der Waals surface area contributed by atoms with Gasteiger partial charge in [0, 0.05) is 12.4 Å². The second-order valence-corrected chi connectivity index (χ2v) is 4.43. The molecular formula is C14H16ClN3O. The number of hydrogen-bond donors (Lipinski definition) is 1. The summed E-state index contributed by atoms with van der Waals surface area (Å²) in [5.74, 6) is 1.92. The van der Waals surface area contributed by atoms with Gasteiger partial charge < -0.3 is 10.1 Å². The Morgan fingerprint density at radius 1 is 1.16 bits per heavy atom. The summed E-state index contributed by atoms with van der Waals surface area (Å²) >= 11 is 5.76. The van der Waals surface area contributed by atoms with Crippen molar-refractivity contribution in [2.75, 3.05) is 12.4 Å². The minimum absolute atomic E-state index is 0.538. The highest BCUT2D eigenvalue weighted by Crippen LogP contribution is 2.20. The predicted octanol–water partition coefficient (Wildman–Crippen LogP) is 3.14. The lowest BCUT2D eigenvalue weighted by molar-refractivity contribution is 0.393. The van der Waals surface area contributed by atoms with Crippen LogP contribution in [0.2, 0.25) is 0 Å². The van der Waals surface area contributed by atoms with Gasteiger partial charge in [-0.2, -0.15) is 0 Å². The molecule has 0 saturated carbocycles. The Bertz CT molecular complexity index is 543. The second kappa shape index (κ2) is 6.38. The van der Waals surface area contributed by atoms with E-state index in [1.165, 1.54) is 11.9 Å². The summed E-state index contributed by atoms with van der Waals surface area (Å²) in [5.41, 5.74) is 3.19. The third-order valence-electron chi connectivity index (χ3n) is 2.87. The molecule has 0 aliphatic carbocycles. The van der Waals surface area contributed by atoms with Crippen molar-refractivity contribution in [1.29, 1.82) is 0 Å². The smallest absolute Gasteiger partial charge is 0.221 e. The van der Waals surface area contributed by atoms with Gasteiger partial charge in [0.2, 0.25) is 5.88 Å². The van der Waals surface area contributed by atoms with Gasteiger partial charge in [-0.1, -0.05) is 24.3 Å². The first-order chi connectivity index (χ1) is 9.24. The molecule has 5 heteroatoms. The number of nitrogens with one attached hydrogen (secondary N) is 1. The van der Waals surface area contributed by atoms with E-state index in [1.54, 1.807) is 7.11 Å². The molecule has 1 N–H and O–H groups in total. The van der Waals surface area contributed by atoms with E-state index < -0.39 is 0 Å². The Kier molecular flexibility index (Phi) is 4.58. The summed E-state index contributed by atoms with van der Waals surface area (Å²) < 4.78 is 5.16. The number of halogens is 1. The molecule has 1 aromatic heterocycles. The molecule has 1 heterocycles. The Morgan fingerprint density at radius 3 is 2.47 bits per heavy atom. The Labute approximate surface area is 117 Å². The largest absolute Gasteiger partial charge is 0.481 e. The molecule has 0 spiro atoms. The van der Waals surface area contributed by atoms with Crippen LogP contribution >= 0.6 is 11.6 Å². The number of rotatable bonds is 5. The van der Waals surface area contributed by atoms with Crippen LogP contribution in [0.5, 0.6) is 5.88 Å². The molecule has 0 unspecified atom stereocenters. The number of ether oxygens (including phenoxy) is 1. The van der Waals surface area contributed by atoms with E-state index in [0.29, 0.717) is 18.3 Å². The zero-order chi connectivity index (χ0) is 13.7. The van der Waals surface area contributed by atoms with Crippen LogP contribution in [0.15, 0.2) is 30.6 Å². The van der Waals surface area contributed by atoms with E-state index in [9.17, 15) is 0 Å². The molecule has 0 saturated heterocycles. The molecule has 2 rings (SSSR count). The monoisotopic (exact) mass is 277 g/mol. The van der Waals surface area contributed by atoms with Gasteiger partial charge in [-0.3, -0.25) is 0 Å². The number of alkyl halides is 1. The molecule has 0 aliphatic rings. The molecule has 0 bridgehead atoms. The number of hydrogen-bond acceptors (Lipinski definition) is 4. The molecule has 0 fully saturated rings. The van der Waals surface area contributed by atoms with Crippen molar-refractivity contribution in [3.63, 3.8) is 0 Å².